The van der Waals surface area contributed by atoms with Crippen molar-refractivity contribution in [2.45, 2.75) is 0 Å². The van der Waals surface area contributed by atoms with Crippen molar-refractivity contribution in [2.24, 2.45) is 0 Å². The number of carbonyl (C=O) groups is 2. The van der Waals surface area contributed by atoms with Gasteiger partial charge in [-0.1, -0.05) is 18.2 Å². The first kappa shape index (κ1) is 16.9. The second-order valence-corrected chi connectivity index (χ2v) is 3.84. The second-order valence-electron chi connectivity index (χ2n) is 3.84. The summed E-state index contributed by atoms with van der Waals surface area (Å²) in [5.74, 6) is -2.28. The molecule has 0 aromatic heterocycles. The smallest absolute Gasteiger partial charge is 0.545 e. The van der Waals surface area contributed by atoms with Crippen LogP contribution in [-0.2, 0) is 0 Å². The third-order valence-electron chi connectivity index (χ3n) is 2.51. The number of hydrogen-bond donors (Lipinski definition) is 2. The molecule has 0 fully saturated rings. The molecule has 0 bridgehead atoms. The molecule has 2 N–H and O–H groups in total. The standard InChI is InChI=1S/C14H11NO4.K/c16-12-7-6-10(8-11(12)14(18)19)15-13(17)9-4-2-1-3-5-9;/h1-8,16H,(H,15,17)(H,18,19);/q;+1/p-1. The molecule has 0 spiro atoms. The Hall–Kier alpha value is -1.18. The number of phenols is 1. The Labute approximate surface area is 158 Å². The van der Waals surface area contributed by atoms with E-state index in [0.29, 0.717) is 5.56 Å². The fraction of sp³-hybridized carbons (Fsp3) is 0. The molecule has 2 rings (SSSR count). The van der Waals surface area contributed by atoms with Gasteiger partial charge in [0, 0.05) is 16.8 Å². The summed E-state index contributed by atoms with van der Waals surface area (Å²) in [7, 11) is 0. The number of carbonyl (C=O) groups excluding carboxylic acids is 2. The number of amides is 1. The van der Waals surface area contributed by atoms with E-state index in [1.54, 1.807) is 30.3 Å². The quantitative estimate of drug-likeness (QED) is 0.507. The second kappa shape index (κ2) is 7.56. The van der Waals surface area contributed by atoms with Gasteiger partial charge in [0.05, 0.1) is 5.97 Å². The minimum absolute atomic E-state index is 0. The van der Waals surface area contributed by atoms with Crippen molar-refractivity contribution in [3.05, 3.63) is 59.7 Å². The van der Waals surface area contributed by atoms with Crippen LogP contribution in [0.2, 0.25) is 0 Å². The van der Waals surface area contributed by atoms with Crippen LogP contribution in [0.4, 0.5) is 5.69 Å². The Morgan fingerprint density at radius 1 is 1.05 bits per heavy atom. The Bertz CT molecular complexity index is 628. The molecule has 0 atom stereocenters. The summed E-state index contributed by atoms with van der Waals surface area (Å²) in [4.78, 5) is 22.6. The van der Waals surface area contributed by atoms with Crippen LogP contribution in [-0.4, -0.2) is 17.0 Å². The molecule has 1 amide bonds. The van der Waals surface area contributed by atoms with Gasteiger partial charge in [-0.3, -0.25) is 4.79 Å². The maximum atomic E-state index is 11.8. The van der Waals surface area contributed by atoms with Crippen molar-refractivity contribution in [2.75, 3.05) is 5.32 Å². The van der Waals surface area contributed by atoms with E-state index in [4.69, 9.17) is 0 Å². The van der Waals surface area contributed by atoms with Gasteiger partial charge in [-0.2, -0.15) is 0 Å². The fourth-order valence-electron chi connectivity index (χ4n) is 1.57. The van der Waals surface area contributed by atoms with Gasteiger partial charge in [0.15, 0.2) is 0 Å². The Morgan fingerprint density at radius 3 is 2.30 bits per heavy atom. The van der Waals surface area contributed by atoms with E-state index in [1.165, 1.54) is 12.1 Å². The maximum Gasteiger partial charge on any atom is 1.00 e. The van der Waals surface area contributed by atoms with Gasteiger partial charge in [-0.05, 0) is 30.3 Å². The summed E-state index contributed by atoms with van der Waals surface area (Å²) in [6.07, 6.45) is 0. The normalized spacial score (nSPS) is 9.40. The zero-order chi connectivity index (χ0) is 13.8. The molecule has 0 aliphatic heterocycles. The SMILES string of the molecule is O=C(Nc1ccc(O)c(C(=O)[O-])c1)c1ccccc1.[K+]. The van der Waals surface area contributed by atoms with Gasteiger partial charge < -0.3 is 20.3 Å². The number of carboxylic acid groups (broad SMARTS) is 1. The van der Waals surface area contributed by atoms with Crippen LogP contribution < -0.4 is 61.8 Å². The van der Waals surface area contributed by atoms with Crippen molar-refractivity contribution in [1.82, 2.24) is 0 Å². The first-order valence-corrected chi connectivity index (χ1v) is 5.48. The van der Waals surface area contributed by atoms with Gasteiger partial charge in [0.25, 0.3) is 5.91 Å². The summed E-state index contributed by atoms with van der Waals surface area (Å²) in [5, 5.41) is 22.6. The van der Waals surface area contributed by atoms with Crippen LogP contribution in [0.5, 0.6) is 5.75 Å². The minimum Gasteiger partial charge on any atom is -0.545 e. The summed E-state index contributed by atoms with van der Waals surface area (Å²) >= 11 is 0. The number of benzene rings is 2. The average Bonchev–Trinajstić information content (AvgIpc) is 2.41. The largest absolute Gasteiger partial charge is 1.00 e. The average molecular weight is 295 g/mol. The van der Waals surface area contributed by atoms with Gasteiger partial charge in [-0.15, -0.1) is 0 Å². The van der Waals surface area contributed by atoms with Gasteiger partial charge in [-0.25, -0.2) is 0 Å². The summed E-state index contributed by atoms with van der Waals surface area (Å²) in [5.41, 5.74) is 0.349. The molecule has 20 heavy (non-hydrogen) atoms. The van der Waals surface area contributed by atoms with Crippen LogP contribution in [0.25, 0.3) is 0 Å². The number of aromatic carboxylic acids is 1. The molecular formula is C14H10KNO4. The number of anilines is 1. The number of rotatable bonds is 3. The zero-order valence-electron chi connectivity index (χ0n) is 10.8. The first-order valence-electron chi connectivity index (χ1n) is 5.48. The van der Waals surface area contributed by atoms with Crippen LogP contribution in [0.1, 0.15) is 20.7 Å². The van der Waals surface area contributed by atoms with Gasteiger partial charge in [0.2, 0.25) is 0 Å². The van der Waals surface area contributed by atoms with Gasteiger partial charge >= 0.3 is 51.4 Å². The molecule has 0 saturated heterocycles. The molecule has 0 saturated carbocycles. The van der Waals surface area contributed by atoms with E-state index in [0.717, 1.165) is 6.07 Å². The van der Waals surface area contributed by atoms with Crippen molar-refractivity contribution < 1.29 is 71.2 Å². The summed E-state index contributed by atoms with van der Waals surface area (Å²) < 4.78 is 0. The van der Waals surface area contributed by atoms with Crippen molar-refractivity contribution in [3.63, 3.8) is 0 Å². The van der Waals surface area contributed by atoms with Crippen molar-refractivity contribution in [3.8, 4) is 5.75 Å². The summed E-state index contributed by atoms with van der Waals surface area (Å²) in [6, 6.07) is 12.2. The van der Waals surface area contributed by atoms with E-state index in [9.17, 15) is 19.8 Å². The number of hydrogen-bond acceptors (Lipinski definition) is 4. The third kappa shape index (κ3) is 4.16. The zero-order valence-corrected chi connectivity index (χ0v) is 13.9. The predicted octanol–water partition coefficient (Wildman–Crippen LogP) is -1.99. The Kier molecular flexibility index (Phi) is 6.38. The molecule has 5 nitrogen and oxygen atoms in total. The van der Waals surface area contributed by atoms with Gasteiger partial charge in [0.1, 0.15) is 5.75 Å². The molecule has 6 heteroatoms. The fourth-order valence-corrected chi connectivity index (χ4v) is 1.57. The monoisotopic (exact) mass is 295 g/mol. The molecule has 2 aromatic rings. The molecule has 0 unspecified atom stereocenters. The molecule has 96 valence electrons. The molecular weight excluding hydrogens is 285 g/mol. The number of nitrogens with one attached hydrogen (secondary N) is 1. The molecule has 0 aliphatic carbocycles. The van der Waals surface area contributed by atoms with Crippen molar-refractivity contribution in [1.29, 1.82) is 0 Å². The summed E-state index contributed by atoms with van der Waals surface area (Å²) in [6.45, 7) is 0. The van der Waals surface area contributed by atoms with Crippen LogP contribution >= 0.6 is 0 Å². The number of carboxylic acids is 1. The first-order chi connectivity index (χ1) is 9.08. The van der Waals surface area contributed by atoms with E-state index in [-0.39, 0.29) is 68.5 Å². The Balaban J connectivity index is 0.00000200. The van der Waals surface area contributed by atoms with E-state index in [2.05, 4.69) is 5.32 Å². The Morgan fingerprint density at radius 2 is 1.70 bits per heavy atom. The topological polar surface area (TPSA) is 89.5 Å². The van der Waals surface area contributed by atoms with Crippen LogP contribution in [0.15, 0.2) is 48.5 Å². The molecule has 0 aliphatic rings. The van der Waals surface area contributed by atoms with Crippen molar-refractivity contribution >= 4 is 17.6 Å². The van der Waals surface area contributed by atoms with Crippen LogP contribution in [0, 0.1) is 0 Å². The minimum atomic E-state index is -1.51. The molecule has 2 aromatic carbocycles. The van der Waals surface area contributed by atoms with E-state index < -0.39 is 11.7 Å². The number of aromatic hydroxyl groups is 1. The predicted molar refractivity (Wildman–Crippen MR) is 66.8 cm³/mol. The van der Waals surface area contributed by atoms with E-state index >= 15 is 0 Å². The third-order valence-corrected chi connectivity index (χ3v) is 2.51. The van der Waals surface area contributed by atoms with Crippen LogP contribution in [0.3, 0.4) is 0 Å². The molecule has 0 radical (unpaired) electrons. The van der Waals surface area contributed by atoms with E-state index in [1.807, 2.05) is 0 Å². The maximum absolute atomic E-state index is 11.8. The molecule has 0 heterocycles.